The second kappa shape index (κ2) is 11.6. The molecule has 10 nitrogen and oxygen atoms in total. The van der Waals surface area contributed by atoms with Crippen LogP contribution in [0.15, 0.2) is 69.5 Å². The Labute approximate surface area is 247 Å². The molecule has 4 atom stereocenters. The number of fused-ring (bicyclic) bond motifs is 2. The number of hydrogen-bond acceptors (Lipinski definition) is 8. The van der Waals surface area contributed by atoms with Gasteiger partial charge in [-0.05, 0) is 69.0 Å². The van der Waals surface area contributed by atoms with Crippen molar-refractivity contribution in [2.75, 3.05) is 39.4 Å². The molecule has 0 amide bonds. The molecule has 0 saturated carbocycles. The summed E-state index contributed by atoms with van der Waals surface area (Å²) in [6, 6.07) is 13.1. The first-order valence-electron chi connectivity index (χ1n) is 14.1. The molecule has 0 aromatic heterocycles. The zero-order valence-corrected chi connectivity index (χ0v) is 25.8. The van der Waals surface area contributed by atoms with Gasteiger partial charge in [-0.1, -0.05) is 35.4 Å². The van der Waals surface area contributed by atoms with E-state index in [2.05, 4.69) is 0 Å². The summed E-state index contributed by atoms with van der Waals surface area (Å²) in [7, 11) is -7.88. The van der Waals surface area contributed by atoms with Crippen molar-refractivity contribution < 1.29 is 35.9 Å². The van der Waals surface area contributed by atoms with Gasteiger partial charge in [0.25, 0.3) is 0 Å². The van der Waals surface area contributed by atoms with Crippen LogP contribution in [-0.4, -0.2) is 76.8 Å². The SMILES string of the molecule is CCOC(=O)[C@H]1C2=C(CN(S(=O)(=O)c3ccc(C)cc3)C2)[C@H]2CN(S(=O)(=O)c3ccc(C)cc3)C[C@@H]2[C@H]1C(=O)OCC. The predicted octanol–water partition coefficient (Wildman–Crippen LogP) is 2.91. The van der Waals surface area contributed by atoms with Gasteiger partial charge >= 0.3 is 11.9 Å². The Morgan fingerprint density at radius 1 is 0.714 bits per heavy atom. The molecule has 0 N–H and O–H groups in total. The molecule has 3 aliphatic rings. The van der Waals surface area contributed by atoms with E-state index in [1.54, 1.807) is 62.4 Å². The smallest absolute Gasteiger partial charge is 0.314 e. The van der Waals surface area contributed by atoms with E-state index < -0.39 is 55.7 Å². The molecular formula is C30H36N2O8S2. The minimum absolute atomic E-state index is 0.00339. The van der Waals surface area contributed by atoms with E-state index >= 15 is 0 Å². The highest BCUT2D eigenvalue weighted by molar-refractivity contribution is 7.89. The lowest BCUT2D eigenvalue weighted by Gasteiger charge is -2.37. The van der Waals surface area contributed by atoms with E-state index in [0.29, 0.717) is 11.1 Å². The molecule has 0 unspecified atom stereocenters. The standard InChI is InChI=1S/C30H36N2O8S2/c1-5-39-29(33)27-25-17-31(41(35,36)21-11-7-19(3)8-12-21)15-23(25)24-16-32(18-26(24)28(27)30(34)40-6-2)42(37,38)22-13-9-20(4)10-14-22/h7-14,23,25,27-28H,5-6,15-18H2,1-4H3/t23-,25+,27-,28+/m1/s1. The lowest BCUT2D eigenvalue weighted by molar-refractivity contribution is -0.162. The highest BCUT2D eigenvalue weighted by atomic mass is 32.2. The van der Waals surface area contributed by atoms with E-state index in [1.807, 2.05) is 13.8 Å². The average molecular weight is 617 g/mol. The van der Waals surface area contributed by atoms with Crippen molar-refractivity contribution in [3.63, 3.8) is 0 Å². The summed E-state index contributed by atoms with van der Waals surface area (Å²) in [5.41, 5.74) is 3.00. The van der Waals surface area contributed by atoms with Crippen LogP contribution in [0, 0.1) is 37.5 Å². The summed E-state index contributed by atoms with van der Waals surface area (Å²) < 4.78 is 68.4. The van der Waals surface area contributed by atoms with Gasteiger partial charge in [0.15, 0.2) is 0 Å². The summed E-state index contributed by atoms with van der Waals surface area (Å²) in [5, 5.41) is 0. The van der Waals surface area contributed by atoms with Gasteiger partial charge < -0.3 is 9.47 Å². The molecule has 226 valence electrons. The molecule has 1 saturated heterocycles. The number of sulfonamides is 2. The Bertz CT molecular complexity index is 1620. The van der Waals surface area contributed by atoms with Crippen molar-refractivity contribution in [2.45, 2.75) is 37.5 Å². The lowest BCUT2D eigenvalue weighted by Crippen LogP contribution is -2.45. The minimum atomic E-state index is -3.95. The maximum atomic E-state index is 13.7. The van der Waals surface area contributed by atoms with Crippen molar-refractivity contribution in [3.8, 4) is 0 Å². The highest BCUT2D eigenvalue weighted by Crippen LogP contribution is 2.51. The Morgan fingerprint density at radius 3 is 1.71 bits per heavy atom. The van der Waals surface area contributed by atoms with E-state index in [1.165, 1.54) is 8.61 Å². The first-order valence-corrected chi connectivity index (χ1v) is 17.0. The molecule has 0 bridgehead atoms. The van der Waals surface area contributed by atoms with Gasteiger partial charge in [-0.2, -0.15) is 8.61 Å². The molecule has 0 radical (unpaired) electrons. The first-order chi connectivity index (χ1) is 19.9. The fraction of sp³-hybridized carbons (Fsp3) is 0.467. The van der Waals surface area contributed by atoms with E-state index in [4.69, 9.17) is 9.47 Å². The van der Waals surface area contributed by atoms with Gasteiger partial charge in [0.05, 0.1) is 34.8 Å². The van der Waals surface area contributed by atoms with Crippen LogP contribution < -0.4 is 0 Å². The molecule has 2 aromatic carbocycles. The zero-order chi connectivity index (χ0) is 30.4. The molecule has 42 heavy (non-hydrogen) atoms. The van der Waals surface area contributed by atoms with Crippen LogP contribution in [0.4, 0.5) is 0 Å². The van der Waals surface area contributed by atoms with Crippen LogP contribution >= 0.6 is 0 Å². The van der Waals surface area contributed by atoms with Crippen LogP contribution in [0.1, 0.15) is 25.0 Å². The van der Waals surface area contributed by atoms with Crippen LogP contribution in [0.25, 0.3) is 0 Å². The van der Waals surface area contributed by atoms with Gasteiger partial charge in [0, 0.05) is 32.1 Å². The van der Waals surface area contributed by atoms with E-state index in [-0.39, 0.29) is 49.2 Å². The molecule has 5 rings (SSSR count). The topological polar surface area (TPSA) is 127 Å². The van der Waals surface area contributed by atoms with Gasteiger partial charge in [-0.3, -0.25) is 9.59 Å². The highest BCUT2D eigenvalue weighted by Gasteiger charge is 2.58. The van der Waals surface area contributed by atoms with Gasteiger partial charge in [-0.15, -0.1) is 0 Å². The molecule has 2 heterocycles. The number of carbonyl (C=O) groups is 2. The molecule has 12 heteroatoms. The van der Waals surface area contributed by atoms with E-state index in [9.17, 15) is 26.4 Å². The fourth-order valence-corrected chi connectivity index (χ4v) is 9.34. The summed E-state index contributed by atoms with van der Waals surface area (Å²) in [6.07, 6.45) is 0. The molecule has 2 aromatic rings. The number of ether oxygens (including phenoxy) is 2. The van der Waals surface area contributed by atoms with Gasteiger partial charge in [0.1, 0.15) is 0 Å². The third-order valence-electron chi connectivity index (χ3n) is 8.50. The Balaban J connectivity index is 1.57. The number of aryl methyl sites for hydroxylation is 2. The quantitative estimate of drug-likeness (QED) is 0.327. The Hall–Kier alpha value is -3.06. The third kappa shape index (κ3) is 5.29. The maximum absolute atomic E-state index is 13.7. The largest absolute Gasteiger partial charge is 0.466 e. The van der Waals surface area contributed by atoms with E-state index in [0.717, 1.165) is 11.1 Å². The molecule has 1 fully saturated rings. The number of carbonyl (C=O) groups excluding carboxylic acids is 2. The number of rotatable bonds is 8. The summed E-state index contributed by atoms with van der Waals surface area (Å²) >= 11 is 0. The molecule has 0 spiro atoms. The minimum Gasteiger partial charge on any atom is -0.466 e. The number of hydrogen-bond donors (Lipinski definition) is 0. The molecule has 2 aliphatic heterocycles. The van der Waals surface area contributed by atoms with Crippen LogP contribution in [0.3, 0.4) is 0 Å². The maximum Gasteiger partial charge on any atom is 0.314 e. The average Bonchev–Trinajstić information content (AvgIpc) is 3.59. The molecular weight excluding hydrogens is 580 g/mol. The van der Waals surface area contributed by atoms with Gasteiger partial charge in [-0.25, -0.2) is 16.8 Å². The lowest BCUT2D eigenvalue weighted by atomic mass is 9.65. The van der Waals surface area contributed by atoms with Crippen LogP contribution in [0.5, 0.6) is 0 Å². The van der Waals surface area contributed by atoms with Crippen molar-refractivity contribution in [3.05, 3.63) is 70.8 Å². The normalized spacial score (nSPS) is 24.8. The summed E-state index contributed by atoms with van der Waals surface area (Å²) in [6.45, 7) is 7.14. The van der Waals surface area contributed by atoms with Crippen molar-refractivity contribution in [1.29, 1.82) is 0 Å². The van der Waals surface area contributed by atoms with Crippen molar-refractivity contribution in [1.82, 2.24) is 8.61 Å². The van der Waals surface area contributed by atoms with Crippen molar-refractivity contribution >= 4 is 32.0 Å². The number of nitrogens with zero attached hydrogens (tertiary/aromatic N) is 2. The fourth-order valence-electron chi connectivity index (χ4n) is 6.44. The second-order valence-corrected chi connectivity index (χ2v) is 14.9. The Kier molecular flexibility index (Phi) is 8.36. The summed E-state index contributed by atoms with van der Waals surface area (Å²) in [4.78, 5) is 27.2. The third-order valence-corrected chi connectivity index (χ3v) is 12.1. The van der Waals surface area contributed by atoms with Gasteiger partial charge in [0.2, 0.25) is 20.0 Å². The van der Waals surface area contributed by atoms with Crippen LogP contribution in [0.2, 0.25) is 0 Å². The predicted molar refractivity (Wildman–Crippen MR) is 154 cm³/mol. The Morgan fingerprint density at radius 2 is 1.19 bits per heavy atom. The first kappa shape index (κ1) is 30.4. The second-order valence-electron chi connectivity index (χ2n) is 11.0. The number of esters is 2. The zero-order valence-electron chi connectivity index (χ0n) is 24.1. The monoisotopic (exact) mass is 616 g/mol. The van der Waals surface area contributed by atoms with Crippen molar-refractivity contribution in [2.24, 2.45) is 23.7 Å². The molecule has 1 aliphatic carbocycles. The number of benzene rings is 2. The summed E-state index contributed by atoms with van der Waals surface area (Å²) in [5.74, 6) is -4.44. The van der Waals surface area contributed by atoms with Crippen LogP contribution in [-0.2, 0) is 39.1 Å².